The first-order valence-corrected chi connectivity index (χ1v) is 14.6. The highest BCUT2D eigenvalue weighted by Gasteiger charge is 2.61. The number of rotatable bonds is 10. The number of sulfone groups is 1. The van der Waals surface area contributed by atoms with Crippen molar-refractivity contribution in [3.8, 4) is 17.6 Å². The van der Waals surface area contributed by atoms with Crippen LogP contribution in [0.15, 0.2) is 36.4 Å². The van der Waals surface area contributed by atoms with Crippen LogP contribution in [0.25, 0.3) is 0 Å². The third kappa shape index (κ3) is 5.32. The fourth-order valence-corrected chi connectivity index (χ4v) is 7.82. The Bertz CT molecular complexity index is 1240. The molecule has 0 atom stereocenters. The number of nitrogens with zero attached hydrogens (tertiary/aromatic N) is 1. The Morgan fingerprint density at radius 2 is 1.71 bits per heavy atom. The first-order chi connectivity index (χ1) is 16.4. The van der Waals surface area contributed by atoms with Gasteiger partial charge in [0.25, 0.3) is 0 Å². The van der Waals surface area contributed by atoms with E-state index in [4.69, 9.17) is 21.1 Å². The van der Waals surface area contributed by atoms with E-state index in [2.05, 4.69) is 32.0 Å². The lowest BCUT2D eigenvalue weighted by atomic mass is 9.61. The normalized spacial score (nSPS) is 23.4. The van der Waals surface area contributed by atoms with Crippen molar-refractivity contribution in [3.63, 3.8) is 0 Å². The third-order valence-corrected chi connectivity index (χ3v) is 9.13. The highest BCUT2D eigenvalue weighted by Crippen LogP contribution is 2.67. The van der Waals surface area contributed by atoms with Crippen LogP contribution in [0.3, 0.4) is 0 Å². The van der Waals surface area contributed by atoms with E-state index in [9.17, 15) is 13.7 Å². The van der Waals surface area contributed by atoms with Crippen molar-refractivity contribution in [2.45, 2.75) is 58.3 Å². The smallest absolute Gasteiger partial charge is 0.155 e. The lowest BCUT2D eigenvalue weighted by Gasteiger charge is -2.46. The van der Waals surface area contributed by atoms with Gasteiger partial charge in [0.2, 0.25) is 0 Å². The molecule has 3 fully saturated rings. The van der Waals surface area contributed by atoms with Gasteiger partial charge in [0, 0.05) is 17.1 Å². The van der Waals surface area contributed by atoms with Crippen molar-refractivity contribution in [1.29, 1.82) is 5.26 Å². The first kappa shape index (κ1) is 25.9. The second kappa shape index (κ2) is 9.33. The minimum atomic E-state index is -2.95. The molecule has 0 aliphatic heterocycles. The van der Waals surface area contributed by atoms with Gasteiger partial charge in [-0.25, -0.2) is 8.42 Å². The minimum Gasteiger partial charge on any atom is -0.493 e. The van der Waals surface area contributed by atoms with Gasteiger partial charge in [-0.1, -0.05) is 44.5 Å². The maximum Gasteiger partial charge on any atom is 0.155 e. The van der Waals surface area contributed by atoms with Crippen LogP contribution in [-0.4, -0.2) is 33.6 Å². The fraction of sp³-hybridized carbons (Fsp3) is 0.536. The average Bonchev–Trinajstić information content (AvgIpc) is 3.30. The molecule has 0 saturated heterocycles. The van der Waals surface area contributed by atoms with Gasteiger partial charge in [0.1, 0.15) is 21.7 Å². The lowest BCUT2D eigenvalue weighted by Crippen LogP contribution is -2.44. The van der Waals surface area contributed by atoms with E-state index in [1.165, 1.54) is 6.26 Å². The van der Waals surface area contributed by atoms with Gasteiger partial charge in [-0.05, 0) is 72.9 Å². The van der Waals surface area contributed by atoms with Crippen LogP contribution in [0.4, 0.5) is 0 Å². The molecule has 0 spiro atoms. The number of hydrogen-bond acceptors (Lipinski definition) is 5. The van der Waals surface area contributed by atoms with Crippen molar-refractivity contribution in [2.75, 3.05) is 25.2 Å². The summed E-state index contributed by atoms with van der Waals surface area (Å²) in [5.41, 5.74) is 2.19. The summed E-state index contributed by atoms with van der Waals surface area (Å²) < 4.78 is 35.4. The van der Waals surface area contributed by atoms with Gasteiger partial charge in [-0.3, -0.25) is 0 Å². The number of hydrogen-bond donors (Lipinski definition) is 0. The summed E-state index contributed by atoms with van der Waals surface area (Å²) in [5.74, 6) is 1.56. The molecule has 3 aliphatic rings. The molecule has 3 saturated carbocycles. The van der Waals surface area contributed by atoms with Gasteiger partial charge in [-0.15, -0.1) is 0 Å². The third-order valence-electron chi connectivity index (χ3n) is 7.71. The summed E-state index contributed by atoms with van der Waals surface area (Å²) >= 11 is 6.50. The van der Waals surface area contributed by atoms with E-state index in [1.807, 2.05) is 31.2 Å². The molecule has 0 unspecified atom stereocenters. The quantitative estimate of drug-likeness (QED) is 0.370. The predicted molar refractivity (Wildman–Crippen MR) is 139 cm³/mol. The summed E-state index contributed by atoms with van der Waals surface area (Å²) in [4.78, 5) is 0. The zero-order valence-electron chi connectivity index (χ0n) is 21.0. The summed E-state index contributed by atoms with van der Waals surface area (Å²) in [6.45, 7) is 7.36. The van der Waals surface area contributed by atoms with Crippen molar-refractivity contribution in [3.05, 3.63) is 58.1 Å². The molecule has 7 heteroatoms. The molecule has 5 rings (SSSR count). The van der Waals surface area contributed by atoms with E-state index in [0.29, 0.717) is 35.3 Å². The van der Waals surface area contributed by atoms with E-state index in [-0.39, 0.29) is 16.2 Å². The predicted octanol–water partition coefficient (Wildman–Crippen LogP) is 6.31. The van der Waals surface area contributed by atoms with Gasteiger partial charge in [-0.2, -0.15) is 5.26 Å². The second-order valence-corrected chi connectivity index (χ2v) is 13.7. The van der Waals surface area contributed by atoms with Crippen LogP contribution in [0.5, 0.6) is 11.5 Å². The molecule has 2 bridgehead atoms. The van der Waals surface area contributed by atoms with Crippen molar-refractivity contribution in [2.24, 2.45) is 10.8 Å². The minimum absolute atomic E-state index is 0.0223. The molecule has 0 heterocycles. The Morgan fingerprint density at radius 1 is 1.06 bits per heavy atom. The number of benzene rings is 2. The molecule has 2 aromatic carbocycles. The summed E-state index contributed by atoms with van der Waals surface area (Å²) in [5, 5.41) is 10.1. The Hall–Kier alpha value is -2.23. The van der Waals surface area contributed by atoms with E-state index in [0.717, 1.165) is 49.0 Å². The maximum atomic E-state index is 11.8. The highest BCUT2D eigenvalue weighted by atomic mass is 35.5. The fourth-order valence-electron chi connectivity index (χ4n) is 6.09. The van der Waals surface area contributed by atoms with E-state index in [1.54, 1.807) is 0 Å². The molecule has 3 aliphatic carbocycles. The zero-order valence-corrected chi connectivity index (χ0v) is 22.6. The van der Waals surface area contributed by atoms with Crippen LogP contribution in [0.2, 0.25) is 5.02 Å². The highest BCUT2D eigenvalue weighted by molar-refractivity contribution is 7.90. The van der Waals surface area contributed by atoms with Crippen LogP contribution in [0.1, 0.15) is 69.6 Å². The molecule has 2 aromatic rings. The van der Waals surface area contributed by atoms with E-state index >= 15 is 0 Å². The number of ether oxygens (including phenoxy) is 2. The first-order valence-electron chi connectivity index (χ1n) is 12.2. The molecule has 188 valence electrons. The SMILES string of the molecule is CCCOc1c(Cl)cc(C(C)(C)c2ccc(OCC34CCC(CS(C)(=O)=O)(C3)C4)cc2)cc1C#N. The lowest BCUT2D eigenvalue weighted by molar-refractivity contribution is 0.0178. The number of halogens is 1. The van der Waals surface area contributed by atoms with Crippen molar-refractivity contribution < 1.29 is 17.9 Å². The molecular formula is C28H34ClNO4S. The average molecular weight is 516 g/mol. The van der Waals surface area contributed by atoms with Crippen LogP contribution in [-0.2, 0) is 15.3 Å². The van der Waals surface area contributed by atoms with Crippen LogP contribution >= 0.6 is 11.6 Å². The Balaban J connectivity index is 1.43. The van der Waals surface area contributed by atoms with Gasteiger partial charge in [0.15, 0.2) is 5.75 Å². The Kier molecular flexibility index (Phi) is 6.89. The molecular weight excluding hydrogens is 482 g/mol. The monoisotopic (exact) mass is 515 g/mol. The second-order valence-electron chi connectivity index (χ2n) is 11.2. The molecule has 35 heavy (non-hydrogen) atoms. The van der Waals surface area contributed by atoms with Gasteiger partial charge in [0.05, 0.1) is 29.6 Å². The summed E-state index contributed by atoms with van der Waals surface area (Å²) in [7, 11) is -2.95. The number of fused-ring (bicyclic) bond motifs is 1. The molecule has 0 N–H and O–H groups in total. The molecule has 0 aromatic heterocycles. The topological polar surface area (TPSA) is 76.4 Å². The number of nitriles is 1. The van der Waals surface area contributed by atoms with Gasteiger partial charge < -0.3 is 9.47 Å². The van der Waals surface area contributed by atoms with Crippen LogP contribution in [0, 0.1) is 22.2 Å². The molecule has 0 amide bonds. The van der Waals surface area contributed by atoms with Crippen molar-refractivity contribution in [1.82, 2.24) is 0 Å². The Labute approximate surface area is 214 Å². The maximum absolute atomic E-state index is 11.8. The van der Waals surface area contributed by atoms with Gasteiger partial charge >= 0.3 is 0 Å². The summed E-state index contributed by atoms with van der Waals surface area (Å²) in [6.07, 6.45) is 6.07. The zero-order chi connectivity index (χ0) is 25.5. The van der Waals surface area contributed by atoms with Crippen molar-refractivity contribution >= 4 is 21.4 Å². The van der Waals surface area contributed by atoms with E-state index < -0.39 is 9.84 Å². The van der Waals surface area contributed by atoms with Crippen LogP contribution < -0.4 is 9.47 Å². The summed E-state index contributed by atoms with van der Waals surface area (Å²) in [6, 6.07) is 14.0. The standard InChI is InChI=1S/C28H34ClNO4S/c1-5-12-33-25-20(15-30)13-22(14-24(25)29)26(2,3)21-6-8-23(9-7-21)34-18-27-10-11-28(16-27,17-27)19-35(4,31)32/h6-9,13-14H,5,10-12,16-19H2,1-4H3. The molecule has 0 radical (unpaired) electrons. The molecule has 5 nitrogen and oxygen atoms in total. The Morgan fingerprint density at radius 3 is 2.31 bits per heavy atom. The largest absolute Gasteiger partial charge is 0.493 e.